The summed E-state index contributed by atoms with van der Waals surface area (Å²) in [6, 6.07) is 7.29. The largest absolute Gasteiger partial charge is 0.389 e. The maximum atomic E-state index is 11.9. The Bertz CT molecular complexity index is 425. The van der Waals surface area contributed by atoms with Gasteiger partial charge in [-0.2, -0.15) is 0 Å². The fraction of sp³-hybridized carbons (Fsp3) is 0.533. The maximum Gasteiger partial charge on any atom is 0.226 e. The lowest BCUT2D eigenvalue weighted by Gasteiger charge is -2.22. The van der Waals surface area contributed by atoms with Crippen LogP contribution in [0.5, 0.6) is 0 Å². The molecule has 0 bridgehead atoms. The molecule has 1 saturated heterocycles. The zero-order chi connectivity index (χ0) is 13.7. The Morgan fingerprint density at radius 3 is 3.05 bits per heavy atom. The first-order chi connectivity index (χ1) is 9.15. The van der Waals surface area contributed by atoms with Crippen molar-refractivity contribution in [3.63, 3.8) is 0 Å². The first-order valence-electron chi connectivity index (χ1n) is 6.84. The molecule has 0 aliphatic carbocycles. The normalized spacial score (nSPS) is 20.8. The minimum Gasteiger partial charge on any atom is -0.389 e. The molecule has 4 nitrogen and oxygen atoms in total. The van der Waals surface area contributed by atoms with Gasteiger partial charge in [0.25, 0.3) is 0 Å². The number of carbonyl (C=O) groups excluding carboxylic acids is 1. The van der Waals surface area contributed by atoms with Gasteiger partial charge in [-0.15, -0.1) is 0 Å². The van der Waals surface area contributed by atoms with Gasteiger partial charge >= 0.3 is 0 Å². The number of hydrogen-bond donors (Lipinski definition) is 2. The number of nitrogens with one attached hydrogen (secondary N) is 1. The van der Waals surface area contributed by atoms with E-state index in [1.807, 2.05) is 18.2 Å². The molecule has 2 N–H and O–H groups in total. The molecule has 1 fully saturated rings. The van der Waals surface area contributed by atoms with Crippen molar-refractivity contribution in [2.75, 3.05) is 11.9 Å². The van der Waals surface area contributed by atoms with Crippen LogP contribution in [0.3, 0.4) is 0 Å². The van der Waals surface area contributed by atoms with Gasteiger partial charge in [-0.3, -0.25) is 4.79 Å². The maximum absolute atomic E-state index is 11.9. The molecule has 2 rings (SSSR count). The van der Waals surface area contributed by atoms with Crippen LogP contribution >= 0.6 is 0 Å². The molecule has 2 unspecified atom stereocenters. The van der Waals surface area contributed by atoms with Crippen molar-refractivity contribution in [2.24, 2.45) is 0 Å². The van der Waals surface area contributed by atoms with E-state index in [0.717, 1.165) is 37.1 Å². The number of aliphatic hydroxyl groups excluding tert-OH is 1. The fourth-order valence-electron chi connectivity index (χ4n) is 2.26. The van der Waals surface area contributed by atoms with Gasteiger partial charge in [0.2, 0.25) is 5.91 Å². The summed E-state index contributed by atoms with van der Waals surface area (Å²) in [7, 11) is 0. The molecule has 0 saturated carbocycles. The summed E-state index contributed by atoms with van der Waals surface area (Å²) < 4.78 is 5.55. The summed E-state index contributed by atoms with van der Waals surface area (Å²) in [5.41, 5.74) is 1.52. The van der Waals surface area contributed by atoms with Gasteiger partial charge < -0.3 is 15.2 Å². The number of anilines is 1. The number of benzene rings is 1. The third-order valence-electron chi connectivity index (χ3n) is 3.34. The highest BCUT2D eigenvalue weighted by Crippen LogP contribution is 2.19. The summed E-state index contributed by atoms with van der Waals surface area (Å²) in [5, 5.41) is 12.4. The Balaban J connectivity index is 1.89. The van der Waals surface area contributed by atoms with Crippen LogP contribution in [0.25, 0.3) is 0 Å². The van der Waals surface area contributed by atoms with Crippen LogP contribution in [0.2, 0.25) is 0 Å². The second-order valence-electron chi connectivity index (χ2n) is 5.04. The minimum absolute atomic E-state index is 0.0327. The molecule has 1 aliphatic rings. The van der Waals surface area contributed by atoms with E-state index in [1.165, 1.54) is 0 Å². The quantitative estimate of drug-likeness (QED) is 0.878. The first-order valence-corrected chi connectivity index (χ1v) is 6.84. The molecule has 104 valence electrons. The average molecular weight is 263 g/mol. The van der Waals surface area contributed by atoms with Crippen molar-refractivity contribution in [2.45, 2.75) is 44.8 Å². The van der Waals surface area contributed by atoms with Crippen molar-refractivity contribution in [1.82, 2.24) is 0 Å². The van der Waals surface area contributed by atoms with Gasteiger partial charge in [0.05, 0.1) is 18.6 Å². The minimum atomic E-state index is -0.529. The van der Waals surface area contributed by atoms with Crippen molar-refractivity contribution < 1.29 is 14.6 Å². The van der Waals surface area contributed by atoms with Crippen LogP contribution in [0.1, 0.15) is 44.3 Å². The number of carbonyl (C=O) groups is 1. The lowest BCUT2D eigenvalue weighted by Crippen LogP contribution is -2.25. The SMILES string of the molecule is CC(O)c1cccc(NC(=O)CC2CCCCO2)c1. The fourth-order valence-corrected chi connectivity index (χ4v) is 2.26. The first kappa shape index (κ1) is 14.0. The third-order valence-corrected chi connectivity index (χ3v) is 3.34. The van der Waals surface area contributed by atoms with Gasteiger partial charge in [-0.1, -0.05) is 12.1 Å². The van der Waals surface area contributed by atoms with Crippen molar-refractivity contribution in [3.8, 4) is 0 Å². The molecule has 1 heterocycles. The summed E-state index contributed by atoms with van der Waals surface area (Å²) in [5.74, 6) is -0.0327. The van der Waals surface area contributed by atoms with Gasteiger partial charge in [-0.05, 0) is 43.9 Å². The average Bonchev–Trinajstić information content (AvgIpc) is 2.40. The molecule has 1 aromatic carbocycles. The number of rotatable bonds is 4. The molecule has 1 amide bonds. The zero-order valence-corrected chi connectivity index (χ0v) is 11.3. The van der Waals surface area contributed by atoms with Crippen LogP contribution in [0.15, 0.2) is 24.3 Å². The number of hydrogen-bond acceptors (Lipinski definition) is 3. The second kappa shape index (κ2) is 6.68. The van der Waals surface area contributed by atoms with Crippen molar-refractivity contribution in [1.29, 1.82) is 0 Å². The summed E-state index contributed by atoms with van der Waals surface area (Å²) in [4.78, 5) is 11.9. The lowest BCUT2D eigenvalue weighted by molar-refractivity contribution is -0.119. The molecule has 1 aromatic rings. The number of ether oxygens (including phenoxy) is 1. The van der Waals surface area contributed by atoms with E-state index >= 15 is 0 Å². The van der Waals surface area contributed by atoms with Crippen LogP contribution in [0.4, 0.5) is 5.69 Å². The Labute approximate surface area is 113 Å². The van der Waals surface area contributed by atoms with Crippen LogP contribution < -0.4 is 5.32 Å². The van der Waals surface area contributed by atoms with E-state index < -0.39 is 6.10 Å². The number of amides is 1. The Morgan fingerprint density at radius 2 is 2.37 bits per heavy atom. The van der Waals surface area contributed by atoms with E-state index in [9.17, 15) is 9.90 Å². The van der Waals surface area contributed by atoms with Crippen molar-refractivity contribution >= 4 is 11.6 Å². The van der Waals surface area contributed by atoms with E-state index in [1.54, 1.807) is 13.0 Å². The van der Waals surface area contributed by atoms with Gasteiger partial charge in [0.15, 0.2) is 0 Å². The summed E-state index contributed by atoms with van der Waals surface area (Å²) in [6.07, 6.45) is 3.11. The predicted molar refractivity (Wildman–Crippen MR) is 73.9 cm³/mol. The lowest BCUT2D eigenvalue weighted by atomic mass is 10.1. The molecule has 19 heavy (non-hydrogen) atoms. The molecule has 1 aliphatic heterocycles. The molecule has 2 atom stereocenters. The standard InChI is InChI=1S/C15H21NO3/c1-11(17)12-5-4-6-13(9-12)16-15(18)10-14-7-2-3-8-19-14/h4-6,9,11,14,17H,2-3,7-8,10H2,1H3,(H,16,18). The highest BCUT2D eigenvalue weighted by atomic mass is 16.5. The second-order valence-corrected chi connectivity index (χ2v) is 5.04. The summed E-state index contributed by atoms with van der Waals surface area (Å²) >= 11 is 0. The molecule has 4 heteroatoms. The van der Waals surface area contributed by atoms with Crippen LogP contribution in [-0.4, -0.2) is 23.7 Å². The smallest absolute Gasteiger partial charge is 0.226 e. The van der Waals surface area contributed by atoms with Gasteiger partial charge in [-0.25, -0.2) is 0 Å². The topological polar surface area (TPSA) is 58.6 Å². The Kier molecular flexibility index (Phi) is 4.93. The van der Waals surface area contributed by atoms with E-state index in [2.05, 4.69) is 5.32 Å². The monoisotopic (exact) mass is 263 g/mol. The Hall–Kier alpha value is -1.39. The van der Waals surface area contributed by atoms with Gasteiger partial charge in [0, 0.05) is 12.3 Å². The van der Waals surface area contributed by atoms with E-state index in [-0.39, 0.29) is 12.0 Å². The number of aliphatic hydroxyl groups is 1. The van der Waals surface area contributed by atoms with Gasteiger partial charge in [0.1, 0.15) is 0 Å². The molecular weight excluding hydrogens is 242 g/mol. The third kappa shape index (κ3) is 4.33. The molecular formula is C15H21NO3. The highest BCUT2D eigenvalue weighted by molar-refractivity contribution is 5.91. The van der Waals surface area contributed by atoms with Crippen LogP contribution in [-0.2, 0) is 9.53 Å². The molecule has 0 aromatic heterocycles. The zero-order valence-electron chi connectivity index (χ0n) is 11.3. The van der Waals surface area contributed by atoms with Crippen molar-refractivity contribution in [3.05, 3.63) is 29.8 Å². The molecule has 0 radical (unpaired) electrons. The summed E-state index contributed by atoms with van der Waals surface area (Å²) in [6.45, 7) is 2.46. The molecule has 0 spiro atoms. The van der Waals surface area contributed by atoms with E-state index in [0.29, 0.717) is 6.42 Å². The Morgan fingerprint density at radius 1 is 1.53 bits per heavy atom. The predicted octanol–water partition coefficient (Wildman–Crippen LogP) is 2.64. The highest BCUT2D eigenvalue weighted by Gasteiger charge is 2.17. The van der Waals surface area contributed by atoms with E-state index in [4.69, 9.17) is 4.74 Å². The van der Waals surface area contributed by atoms with Crippen LogP contribution in [0, 0.1) is 0 Å².